The van der Waals surface area contributed by atoms with E-state index in [2.05, 4.69) is 55.7 Å². The van der Waals surface area contributed by atoms with E-state index >= 15 is 0 Å². The maximum absolute atomic E-state index is 14.8. The number of anilines is 1. The van der Waals surface area contributed by atoms with Crippen molar-refractivity contribution in [2.24, 2.45) is 0 Å². The van der Waals surface area contributed by atoms with Gasteiger partial charge in [0.05, 0.1) is 5.69 Å². The van der Waals surface area contributed by atoms with Crippen LogP contribution in [-0.2, 0) is 12.0 Å². The summed E-state index contributed by atoms with van der Waals surface area (Å²) in [5.74, 6) is -1.22. The molecular formula is C24H26BrFN6O3S. The van der Waals surface area contributed by atoms with Gasteiger partial charge in [-0.25, -0.2) is 23.9 Å². The number of hydrogen-bond donors (Lipinski definition) is 3. The number of carbonyl (C=O) groups is 2. The molecule has 0 radical (unpaired) electrons. The van der Waals surface area contributed by atoms with Crippen LogP contribution in [0.4, 0.5) is 19.1 Å². The monoisotopic (exact) mass is 576 g/mol. The van der Waals surface area contributed by atoms with Crippen molar-refractivity contribution in [3.63, 3.8) is 0 Å². The first kappa shape index (κ1) is 26.0. The maximum atomic E-state index is 14.8. The smallest absolute Gasteiger partial charge is 0.388 e. The van der Waals surface area contributed by atoms with E-state index in [-0.39, 0.29) is 17.5 Å². The number of rotatable bonds is 6. The lowest BCUT2D eigenvalue weighted by Gasteiger charge is -2.26. The average Bonchev–Trinajstić information content (AvgIpc) is 3.34. The standard InChI is InChI=1S/C24H26BrFN6O3S/c1-24(2,16-3-5-17(25)6-4-16)18-14-36-22(30-18)31-21(33)29-13-15-7-8-28-20(19(15)26)35-23(34)32-11-9-27-10-12-32/h3-8,14,27H,9-13H2,1-2H3,(H2,29,30,31,33). The van der Waals surface area contributed by atoms with Crippen molar-refractivity contribution in [3.8, 4) is 5.88 Å². The number of nitrogens with one attached hydrogen (secondary N) is 3. The molecule has 3 amide bonds. The Balaban J connectivity index is 1.34. The molecule has 190 valence electrons. The Bertz CT molecular complexity index is 1230. The molecule has 0 spiro atoms. The fourth-order valence-corrected chi connectivity index (χ4v) is 4.75. The van der Waals surface area contributed by atoms with Crippen molar-refractivity contribution < 1.29 is 18.7 Å². The van der Waals surface area contributed by atoms with Gasteiger partial charge in [0.25, 0.3) is 5.88 Å². The summed E-state index contributed by atoms with van der Waals surface area (Å²) in [6.45, 7) is 6.24. The normalized spacial score (nSPS) is 13.8. The summed E-state index contributed by atoms with van der Waals surface area (Å²) < 4.78 is 21.0. The van der Waals surface area contributed by atoms with Gasteiger partial charge in [0.15, 0.2) is 10.9 Å². The summed E-state index contributed by atoms with van der Waals surface area (Å²) in [4.78, 5) is 34.6. The molecule has 0 bridgehead atoms. The Kier molecular flexibility index (Phi) is 8.17. The average molecular weight is 577 g/mol. The van der Waals surface area contributed by atoms with Crippen molar-refractivity contribution >= 4 is 44.5 Å². The fourth-order valence-electron chi connectivity index (χ4n) is 3.61. The first-order chi connectivity index (χ1) is 17.2. The summed E-state index contributed by atoms with van der Waals surface area (Å²) in [5, 5.41) is 10.7. The van der Waals surface area contributed by atoms with Crippen molar-refractivity contribution in [3.05, 3.63) is 69.0 Å². The zero-order valence-corrected chi connectivity index (χ0v) is 22.2. The van der Waals surface area contributed by atoms with E-state index in [0.717, 1.165) is 15.7 Å². The Morgan fingerprint density at radius 3 is 2.67 bits per heavy atom. The first-order valence-corrected chi connectivity index (χ1v) is 13.0. The van der Waals surface area contributed by atoms with Crippen LogP contribution in [0.1, 0.15) is 30.7 Å². The minimum absolute atomic E-state index is 0.124. The Hall–Kier alpha value is -3.09. The lowest BCUT2D eigenvalue weighted by molar-refractivity contribution is 0.142. The molecule has 1 saturated heterocycles. The van der Waals surface area contributed by atoms with Gasteiger partial charge in [0.1, 0.15) is 0 Å². The van der Waals surface area contributed by atoms with Crippen LogP contribution in [0.2, 0.25) is 0 Å². The number of thiazole rings is 1. The highest BCUT2D eigenvalue weighted by atomic mass is 79.9. The third-order valence-electron chi connectivity index (χ3n) is 5.87. The van der Waals surface area contributed by atoms with Crippen LogP contribution in [-0.4, -0.2) is 53.2 Å². The van der Waals surface area contributed by atoms with Gasteiger partial charge in [0.2, 0.25) is 0 Å². The third-order valence-corrected chi connectivity index (χ3v) is 7.15. The lowest BCUT2D eigenvalue weighted by atomic mass is 9.82. The minimum atomic E-state index is -0.797. The lowest BCUT2D eigenvalue weighted by Crippen LogP contribution is -2.47. The third kappa shape index (κ3) is 6.18. The molecule has 1 aliphatic rings. The highest BCUT2D eigenvalue weighted by Crippen LogP contribution is 2.34. The topological polar surface area (TPSA) is 108 Å². The number of halogens is 2. The molecule has 0 unspecified atom stereocenters. The number of urea groups is 1. The fraction of sp³-hybridized carbons (Fsp3) is 0.333. The van der Waals surface area contributed by atoms with Crippen molar-refractivity contribution in [1.82, 2.24) is 25.5 Å². The molecule has 12 heteroatoms. The van der Waals surface area contributed by atoms with Gasteiger partial charge >= 0.3 is 12.1 Å². The molecule has 9 nitrogen and oxygen atoms in total. The number of nitrogens with zero attached hydrogens (tertiary/aromatic N) is 3. The Morgan fingerprint density at radius 2 is 1.94 bits per heavy atom. The molecule has 2 aromatic heterocycles. The molecule has 1 aromatic carbocycles. The van der Waals surface area contributed by atoms with Crippen LogP contribution in [0.5, 0.6) is 5.88 Å². The zero-order valence-electron chi connectivity index (χ0n) is 19.8. The van der Waals surface area contributed by atoms with Crippen molar-refractivity contribution in [2.75, 3.05) is 31.5 Å². The predicted molar refractivity (Wildman–Crippen MR) is 139 cm³/mol. The van der Waals surface area contributed by atoms with E-state index in [1.807, 2.05) is 29.6 Å². The van der Waals surface area contributed by atoms with Gasteiger partial charge in [-0.05, 0) is 23.8 Å². The van der Waals surface area contributed by atoms with Gasteiger partial charge in [-0.3, -0.25) is 5.32 Å². The highest BCUT2D eigenvalue weighted by molar-refractivity contribution is 9.10. The van der Waals surface area contributed by atoms with E-state index in [4.69, 9.17) is 4.74 Å². The number of piperazine rings is 1. The van der Waals surface area contributed by atoms with E-state index in [0.29, 0.717) is 31.3 Å². The number of pyridine rings is 1. The quantitative estimate of drug-likeness (QED) is 0.399. The molecule has 3 aromatic rings. The predicted octanol–water partition coefficient (Wildman–Crippen LogP) is 4.49. The van der Waals surface area contributed by atoms with Crippen LogP contribution in [0, 0.1) is 5.82 Å². The van der Waals surface area contributed by atoms with Crippen LogP contribution < -0.4 is 20.7 Å². The van der Waals surface area contributed by atoms with Gasteiger partial charge in [-0.15, -0.1) is 11.3 Å². The number of amides is 3. The molecular weight excluding hydrogens is 551 g/mol. The van der Waals surface area contributed by atoms with Crippen LogP contribution in [0.3, 0.4) is 0 Å². The summed E-state index contributed by atoms with van der Waals surface area (Å²) >= 11 is 4.75. The number of benzene rings is 1. The number of aromatic nitrogens is 2. The van der Waals surface area contributed by atoms with E-state index in [1.165, 1.54) is 28.5 Å². The number of ether oxygens (including phenoxy) is 1. The van der Waals surface area contributed by atoms with Crippen LogP contribution in [0.15, 0.2) is 46.4 Å². The van der Waals surface area contributed by atoms with Gasteiger partial charge < -0.3 is 20.3 Å². The van der Waals surface area contributed by atoms with E-state index in [1.54, 1.807) is 0 Å². The largest absolute Gasteiger partial charge is 0.416 e. The Labute approximate surface area is 220 Å². The molecule has 1 fully saturated rings. The van der Waals surface area contributed by atoms with Crippen LogP contribution >= 0.6 is 27.3 Å². The second-order valence-corrected chi connectivity index (χ2v) is 10.4. The van der Waals surface area contributed by atoms with Crippen molar-refractivity contribution in [1.29, 1.82) is 0 Å². The first-order valence-electron chi connectivity index (χ1n) is 11.3. The number of carbonyl (C=O) groups excluding carboxylic acids is 2. The summed E-state index contributed by atoms with van der Waals surface area (Å²) in [5.41, 5.74) is 1.70. The zero-order chi connectivity index (χ0) is 25.7. The second-order valence-electron chi connectivity index (χ2n) is 8.67. The summed E-state index contributed by atoms with van der Waals surface area (Å²) in [6.07, 6.45) is 0.673. The maximum Gasteiger partial charge on any atom is 0.416 e. The molecule has 0 saturated carbocycles. The van der Waals surface area contributed by atoms with Gasteiger partial charge in [-0.2, -0.15) is 0 Å². The SMILES string of the molecule is CC(C)(c1ccc(Br)cc1)c1csc(NC(=O)NCc2ccnc(OC(=O)N3CCNCC3)c2F)n1. The highest BCUT2D eigenvalue weighted by Gasteiger charge is 2.26. The number of hydrogen-bond acceptors (Lipinski definition) is 7. The summed E-state index contributed by atoms with van der Waals surface area (Å²) in [6, 6.07) is 8.90. The molecule has 36 heavy (non-hydrogen) atoms. The molecule has 0 aliphatic carbocycles. The van der Waals surface area contributed by atoms with Gasteiger partial charge in [0, 0.05) is 59.8 Å². The van der Waals surface area contributed by atoms with Gasteiger partial charge in [-0.1, -0.05) is 41.9 Å². The molecule has 3 heterocycles. The van der Waals surface area contributed by atoms with Crippen LogP contribution in [0.25, 0.3) is 0 Å². The van der Waals surface area contributed by atoms with E-state index < -0.39 is 23.8 Å². The van der Waals surface area contributed by atoms with Crippen molar-refractivity contribution in [2.45, 2.75) is 25.8 Å². The molecule has 3 N–H and O–H groups in total. The minimum Gasteiger partial charge on any atom is -0.388 e. The summed E-state index contributed by atoms with van der Waals surface area (Å²) in [7, 11) is 0. The molecule has 0 atom stereocenters. The molecule has 1 aliphatic heterocycles. The van der Waals surface area contributed by atoms with E-state index in [9.17, 15) is 14.0 Å². The Morgan fingerprint density at radius 1 is 1.22 bits per heavy atom. The molecule has 4 rings (SSSR count). The second kappa shape index (κ2) is 11.3.